The molecule has 0 aliphatic carbocycles. The van der Waals surface area contributed by atoms with E-state index >= 15 is 0 Å². The highest BCUT2D eigenvalue weighted by Crippen LogP contribution is 2.42. The van der Waals surface area contributed by atoms with Gasteiger partial charge in [-0.3, -0.25) is 4.98 Å². The first-order valence-corrected chi connectivity index (χ1v) is 12.9. The van der Waals surface area contributed by atoms with Crippen molar-refractivity contribution in [1.82, 2.24) is 4.98 Å². The zero-order valence-corrected chi connectivity index (χ0v) is 21.6. The van der Waals surface area contributed by atoms with E-state index in [1.165, 1.54) is 49.0 Å². The Bertz CT molecular complexity index is 1760. The summed E-state index contributed by atoms with van der Waals surface area (Å²) in [5.41, 5.74) is 4.92. The smallest absolute Gasteiger partial charge is 0.399 e. The van der Waals surface area contributed by atoms with Gasteiger partial charge in [-0.05, 0) is 88.7 Å². The molecule has 1 aliphatic heterocycles. The van der Waals surface area contributed by atoms with Crippen LogP contribution in [0.4, 0.5) is 0 Å². The maximum atomic E-state index is 6.26. The molecule has 4 heteroatoms. The predicted molar refractivity (Wildman–Crippen MR) is 155 cm³/mol. The van der Waals surface area contributed by atoms with Crippen LogP contribution in [0.1, 0.15) is 27.7 Å². The SMILES string of the molecule is CC1(C)OB(c2ccc(-c3ccc4ccc5c(-c6ccccn6)ccc6ccc3c4c65)cc2)OC1(C)C. The summed E-state index contributed by atoms with van der Waals surface area (Å²) >= 11 is 0. The molecule has 0 amide bonds. The maximum Gasteiger partial charge on any atom is 0.494 e. The zero-order chi connectivity index (χ0) is 25.4. The van der Waals surface area contributed by atoms with Crippen molar-refractivity contribution in [1.29, 1.82) is 0 Å². The maximum absolute atomic E-state index is 6.26. The first-order chi connectivity index (χ1) is 17.8. The molecule has 1 aliphatic rings. The van der Waals surface area contributed by atoms with E-state index in [4.69, 9.17) is 9.31 Å². The normalized spacial score (nSPS) is 16.8. The van der Waals surface area contributed by atoms with Crippen LogP contribution in [0, 0.1) is 0 Å². The molecule has 1 fully saturated rings. The first-order valence-electron chi connectivity index (χ1n) is 12.9. The molecule has 180 valence electrons. The van der Waals surface area contributed by atoms with Crippen LogP contribution in [-0.2, 0) is 9.31 Å². The van der Waals surface area contributed by atoms with Gasteiger partial charge in [0, 0.05) is 11.8 Å². The molecule has 0 radical (unpaired) electrons. The molecule has 1 aromatic heterocycles. The second kappa shape index (κ2) is 7.88. The van der Waals surface area contributed by atoms with Crippen LogP contribution in [0.3, 0.4) is 0 Å². The molecule has 6 aromatic rings. The van der Waals surface area contributed by atoms with Crippen molar-refractivity contribution in [2.24, 2.45) is 0 Å². The van der Waals surface area contributed by atoms with Gasteiger partial charge < -0.3 is 9.31 Å². The summed E-state index contributed by atoms with van der Waals surface area (Å²) in [6.45, 7) is 8.35. The van der Waals surface area contributed by atoms with Gasteiger partial charge in [-0.2, -0.15) is 0 Å². The van der Waals surface area contributed by atoms with Crippen LogP contribution in [0.2, 0.25) is 0 Å². The summed E-state index contributed by atoms with van der Waals surface area (Å²) in [6, 6.07) is 32.6. The van der Waals surface area contributed by atoms with Crippen LogP contribution in [-0.4, -0.2) is 23.3 Å². The molecule has 0 N–H and O–H groups in total. The van der Waals surface area contributed by atoms with Gasteiger partial charge in [0.25, 0.3) is 0 Å². The molecule has 1 saturated heterocycles. The lowest BCUT2D eigenvalue weighted by Crippen LogP contribution is -2.41. The molecule has 0 spiro atoms. The lowest BCUT2D eigenvalue weighted by molar-refractivity contribution is 0.00578. The first kappa shape index (κ1) is 22.5. The molecule has 3 nitrogen and oxygen atoms in total. The zero-order valence-electron chi connectivity index (χ0n) is 21.6. The fourth-order valence-corrected chi connectivity index (χ4v) is 5.60. The van der Waals surface area contributed by atoms with E-state index in [0.29, 0.717) is 0 Å². The number of pyridine rings is 1. The highest BCUT2D eigenvalue weighted by Gasteiger charge is 2.51. The molecular weight excluding hydrogens is 453 g/mol. The molecule has 37 heavy (non-hydrogen) atoms. The van der Waals surface area contributed by atoms with Crippen molar-refractivity contribution in [2.75, 3.05) is 0 Å². The quantitative estimate of drug-likeness (QED) is 0.193. The minimum atomic E-state index is -0.356. The van der Waals surface area contributed by atoms with Crippen LogP contribution in [0.15, 0.2) is 97.2 Å². The molecule has 0 atom stereocenters. The van der Waals surface area contributed by atoms with Gasteiger partial charge in [0.2, 0.25) is 0 Å². The van der Waals surface area contributed by atoms with Gasteiger partial charge >= 0.3 is 7.12 Å². The van der Waals surface area contributed by atoms with E-state index in [1.807, 2.05) is 18.3 Å². The van der Waals surface area contributed by atoms with Gasteiger partial charge in [0.1, 0.15) is 0 Å². The Morgan fingerprint density at radius 2 is 1.16 bits per heavy atom. The van der Waals surface area contributed by atoms with Gasteiger partial charge in [-0.15, -0.1) is 0 Å². The van der Waals surface area contributed by atoms with Gasteiger partial charge in [-0.1, -0.05) is 78.9 Å². The van der Waals surface area contributed by atoms with Crippen LogP contribution in [0.5, 0.6) is 0 Å². The Labute approximate surface area is 217 Å². The monoisotopic (exact) mass is 481 g/mol. The van der Waals surface area contributed by atoms with E-state index in [9.17, 15) is 0 Å². The molecule has 0 unspecified atom stereocenters. The number of nitrogens with zero attached hydrogens (tertiary/aromatic N) is 1. The topological polar surface area (TPSA) is 31.4 Å². The second-order valence-electron chi connectivity index (χ2n) is 11.1. The summed E-state index contributed by atoms with van der Waals surface area (Å²) in [5, 5.41) is 7.61. The lowest BCUT2D eigenvalue weighted by Gasteiger charge is -2.32. The summed E-state index contributed by atoms with van der Waals surface area (Å²) in [5.74, 6) is 0. The Balaban J connectivity index is 1.36. The number of hydrogen-bond donors (Lipinski definition) is 0. The molecule has 0 saturated carbocycles. The number of hydrogen-bond acceptors (Lipinski definition) is 3. The fourth-order valence-electron chi connectivity index (χ4n) is 5.60. The Morgan fingerprint density at radius 1 is 0.595 bits per heavy atom. The average Bonchev–Trinajstić information content (AvgIpc) is 3.14. The fraction of sp³-hybridized carbons (Fsp3) is 0.182. The van der Waals surface area contributed by atoms with Crippen molar-refractivity contribution in [3.8, 4) is 22.4 Å². The van der Waals surface area contributed by atoms with E-state index in [2.05, 4.69) is 112 Å². The molecule has 7 rings (SSSR count). The van der Waals surface area contributed by atoms with Crippen molar-refractivity contribution in [2.45, 2.75) is 38.9 Å². The highest BCUT2D eigenvalue weighted by atomic mass is 16.7. The minimum Gasteiger partial charge on any atom is -0.399 e. The van der Waals surface area contributed by atoms with Gasteiger partial charge in [-0.25, -0.2) is 0 Å². The largest absolute Gasteiger partial charge is 0.494 e. The third kappa shape index (κ3) is 3.40. The third-order valence-electron chi connectivity index (χ3n) is 8.35. The molecule has 5 aromatic carbocycles. The van der Waals surface area contributed by atoms with E-state index in [0.717, 1.165) is 11.2 Å². The molecule has 2 heterocycles. The number of benzene rings is 5. The third-order valence-corrected chi connectivity index (χ3v) is 8.35. The van der Waals surface area contributed by atoms with Crippen molar-refractivity contribution < 1.29 is 9.31 Å². The van der Waals surface area contributed by atoms with Gasteiger partial charge in [0.15, 0.2) is 0 Å². The summed E-state index contributed by atoms with van der Waals surface area (Å²) < 4.78 is 12.5. The van der Waals surface area contributed by atoms with E-state index < -0.39 is 0 Å². The van der Waals surface area contributed by atoms with Gasteiger partial charge in [0.05, 0.1) is 16.9 Å². The Hall–Kier alpha value is -3.73. The predicted octanol–water partition coefficient (Wildman–Crippen LogP) is 7.61. The number of aromatic nitrogens is 1. The van der Waals surface area contributed by atoms with Crippen LogP contribution >= 0.6 is 0 Å². The molecule has 0 bridgehead atoms. The Morgan fingerprint density at radius 3 is 1.76 bits per heavy atom. The standard InChI is InChI=1S/C33H28BNO2/c1-32(2)33(3,4)37-34(36-32)24-14-8-21(9-15-24)25-16-10-22-13-19-28-26(29-7-5-6-20-35-29)17-11-23-12-18-27(25)30(22)31(23)28/h5-20H,1-4H3. The average molecular weight is 481 g/mol. The van der Waals surface area contributed by atoms with Crippen LogP contribution < -0.4 is 5.46 Å². The van der Waals surface area contributed by atoms with Crippen LogP contribution in [0.25, 0.3) is 54.7 Å². The summed E-state index contributed by atoms with van der Waals surface area (Å²) in [4.78, 5) is 4.63. The second-order valence-corrected chi connectivity index (χ2v) is 11.1. The number of rotatable bonds is 3. The van der Waals surface area contributed by atoms with E-state index in [1.54, 1.807) is 0 Å². The highest BCUT2D eigenvalue weighted by molar-refractivity contribution is 6.62. The van der Waals surface area contributed by atoms with Crippen molar-refractivity contribution in [3.05, 3.63) is 97.2 Å². The van der Waals surface area contributed by atoms with E-state index in [-0.39, 0.29) is 18.3 Å². The summed E-state index contributed by atoms with van der Waals surface area (Å²) in [7, 11) is -0.356. The molecular formula is C33H28BNO2. The Kier molecular flexibility index (Phi) is 4.79. The summed E-state index contributed by atoms with van der Waals surface area (Å²) in [6.07, 6.45) is 1.86. The van der Waals surface area contributed by atoms with Crippen molar-refractivity contribution >= 4 is 44.9 Å². The van der Waals surface area contributed by atoms with Crippen molar-refractivity contribution in [3.63, 3.8) is 0 Å². The minimum absolute atomic E-state index is 0.351. The lowest BCUT2D eigenvalue weighted by atomic mass is 9.78.